The maximum Gasteiger partial charge on any atom is 0.251 e. The van der Waals surface area contributed by atoms with Crippen LogP contribution in [-0.4, -0.2) is 36.8 Å². The first-order valence-corrected chi connectivity index (χ1v) is 7.80. The Morgan fingerprint density at radius 3 is 2.82 bits per heavy atom. The van der Waals surface area contributed by atoms with E-state index >= 15 is 0 Å². The topological polar surface area (TPSA) is 61.4 Å². The molecule has 1 amide bonds. The molecule has 0 saturated carbocycles. The highest BCUT2D eigenvalue weighted by atomic mass is 79.9. The van der Waals surface area contributed by atoms with Crippen molar-refractivity contribution in [1.29, 1.82) is 0 Å². The molecule has 1 aliphatic heterocycles. The molecule has 0 radical (unpaired) electrons. The van der Waals surface area contributed by atoms with Crippen LogP contribution in [0.5, 0.6) is 0 Å². The quantitative estimate of drug-likeness (QED) is 0.760. The third-order valence-corrected chi connectivity index (χ3v) is 4.36. The van der Waals surface area contributed by atoms with E-state index < -0.39 is 0 Å². The van der Waals surface area contributed by atoms with E-state index in [-0.39, 0.29) is 30.3 Å². The van der Waals surface area contributed by atoms with E-state index in [0.29, 0.717) is 18.7 Å². The minimum atomic E-state index is -0.385. The number of fused-ring (bicyclic) bond motifs is 1. The average molecular weight is 386 g/mol. The number of hydrogen-bond acceptors (Lipinski definition) is 3. The van der Waals surface area contributed by atoms with E-state index in [1.807, 2.05) is 36.4 Å². The Balaban J connectivity index is 0.00000176. The highest BCUT2D eigenvalue weighted by molar-refractivity contribution is 9.10. The lowest BCUT2D eigenvalue weighted by Gasteiger charge is -2.15. The lowest BCUT2D eigenvalue weighted by Crippen LogP contribution is -2.34. The van der Waals surface area contributed by atoms with Gasteiger partial charge < -0.3 is 15.7 Å². The molecule has 118 valence electrons. The third kappa shape index (κ3) is 3.60. The molecule has 0 bridgehead atoms. The lowest BCUT2D eigenvalue weighted by atomic mass is 10.0. The summed E-state index contributed by atoms with van der Waals surface area (Å²) in [5, 5.41) is 17.8. The van der Waals surface area contributed by atoms with Crippen LogP contribution in [0.2, 0.25) is 0 Å². The van der Waals surface area contributed by atoms with Gasteiger partial charge in [-0.1, -0.05) is 40.2 Å². The van der Waals surface area contributed by atoms with Gasteiger partial charge >= 0.3 is 0 Å². The normalized spacial score (nSPS) is 20.6. The van der Waals surface area contributed by atoms with Crippen LogP contribution in [0, 0.1) is 5.92 Å². The second-order valence-electron chi connectivity index (χ2n) is 5.37. The Bertz CT molecular complexity index is 680. The number of carbonyl (C=O) groups is 1. The minimum Gasteiger partial charge on any atom is -0.391 e. The van der Waals surface area contributed by atoms with Gasteiger partial charge in [-0.05, 0) is 22.9 Å². The molecule has 0 spiro atoms. The third-order valence-electron chi connectivity index (χ3n) is 3.90. The van der Waals surface area contributed by atoms with E-state index in [1.54, 1.807) is 0 Å². The molecule has 22 heavy (non-hydrogen) atoms. The molecular weight excluding hydrogens is 368 g/mol. The van der Waals surface area contributed by atoms with Crippen LogP contribution >= 0.6 is 28.3 Å². The standard InChI is InChI=1S/C16H17BrN2O2.ClH/c17-12-5-10-3-1-2-4-13(10)14(6-12)16(21)19-8-11-7-18-9-15(11)20;/h1-6,11,15,18,20H,7-9H2,(H,19,21);1H. The van der Waals surface area contributed by atoms with Gasteiger partial charge in [-0.3, -0.25) is 4.79 Å². The number of aliphatic hydroxyl groups is 1. The average Bonchev–Trinajstić information content (AvgIpc) is 2.89. The molecular formula is C16H18BrClN2O2. The fraction of sp³-hybridized carbons (Fsp3) is 0.312. The van der Waals surface area contributed by atoms with Gasteiger partial charge in [0.25, 0.3) is 5.91 Å². The number of nitrogens with one attached hydrogen (secondary N) is 2. The second kappa shape index (κ2) is 7.42. The summed E-state index contributed by atoms with van der Waals surface area (Å²) in [5.41, 5.74) is 0.653. The number of hydrogen-bond donors (Lipinski definition) is 3. The van der Waals surface area contributed by atoms with Crippen molar-refractivity contribution in [2.45, 2.75) is 6.10 Å². The Morgan fingerprint density at radius 1 is 1.32 bits per heavy atom. The molecule has 0 aliphatic carbocycles. The van der Waals surface area contributed by atoms with Crippen molar-refractivity contribution < 1.29 is 9.90 Å². The fourth-order valence-electron chi connectivity index (χ4n) is 2.71. The first-order valence-electron chi connectivity index (χ1n) is 7.00. The summed E-state index contributed by atoms with van der Waals surface area (Å²) in [6.45, 7) is 1.81. The van der Waals surface area contributed by atoms with Crippen LogP contribution < -0.4 is 10.6 Å². The summed E-state index contributed by atoms with van der Waals surface area (Å²) in [5.74, 6) is -0.0287. The summed E-state index contributed by atoms with van der Waals surface area (Å²) in [4.78, 5) is 12.4. The summed E-state index contributed by atoms with van der Waals surface area (Å²) in [7, 11) is 0. The van der Waals surface area contributed by atoms with E-state index in [9.17, 15) is 9.90 Å². The monoisotopic (exact) mass is 384 g/mol. The van der Waals surface area contributed by atoms with Crippen molar-refractivity contribution in [3.63, 3.8) is 0 Å². The van der Waals surface area contributed by atoms with Crippen molar-refractivity contribution in [2.24, 2.45) is 5.92 Å². The van der Waals surface area contributed by atoms with E-state index in [1.165, 1.54) is 0 Å². The Hall–Kier alpha value is -1.14. The molecule has 2 aromatic carbocycles. The van der Waals surface area contributed by atoms with E-state index in [0.717, 1.165) is 21.8 Å². The molecule has 1 fully saturated rings. The maximum absolute atomic E-state index is 12.4. The van der Waals surface area contributed by atoms with E-state index in [2.05, 4.69) is 26.6 Å². The predicted octanol–water partition coefficient (Wildman–Crippen LogP) is 2.33. The van der Waals surface area contributed by atoms with Gasteiger partial charge in [-0.15, -0.1) is 12.4 Å². The van der Waals surface area contributed by atoms with Crippen molar-refractivity contribution in [3.8, 4) is 0 Å². The van der Waals surface area contributed by atoms with Gasteiger partial charge in [-0.25, -0.2) is 0 Å². The molecule has 3 N–H and O–H groups in total. The van der Waals surface area contributed by atoms with Crippen molar-refractivity contribution in [2.75, 3.05) is 19.6 Å². The maximum atomic E-state index is 12.4. The number of carbonyl (C=O) groups excluding carboxylic acids is 1. The number of rotatable bonds is 3. The molecule has 4 nitrogen and oxygen atoms in total. The Kier molecular flexibility index (Phi) is 5.81. The second-order valence-corrected chi connectivity index (χ2v) is 6.29. The van der Waals surface area contributed by atoms with Crippen LogP contribution in [-0.2, 0) is 0 Å². The van der Waals surface area contributed by atoms with Crippen LogP contribution in [0.3, 0.4) is 0 Å². The number of β-amino-alcohol motifs (C(OH)–C–C–N with tert-alkyl or cyclic N) is 1. The molecule has 1 heterocycles. The van der Waals surface area contributed by atoms with Gasteiger partial charge in [0, 0.05) is 35.6 Å². The number of amides is 1. The number of aliphatic hydroxyl groups excluding tert-OH is 1. The number of benzene rings is 2. The highest BCUT2D eigenvalue weighted by Crippen LogP contribution is 2.24. The summed E-state index contributed by atoms with van der Waals surface area (Å²) in [6.07, 6.45) is -0.385. The van der Waals surface area contributed by atoms with Gasteiger partial charge in [0.2, 0.25) is 0 Å². The molecule has 6 heteroatoms. The lowest BCUT2D eigenvalue weighted by molar-refractivity contribution is 0.0928. The molecule has 1 aliphatic rings. The molecule has 1 saturated heterocycles. The minimum absolute atomic E-state index is 0. The zero-order chi connectivity index (χ0) is 14.8. The zero-order valence-corrected chi connectivity index (χ0v) is 14.3. The first kappa shape index (κ1) is 17.2. The highest BCUT2D eigenvalue weighted by Gasteiger charge is 2.25. The molecule has 3 rings (SSSR count). The Morgan fingerprint density at radius 2 is 2.09 bits per heavy atom. The predicted molar refractivity (Wildman–Crippen MR) is 93.6 cm³/mol. The van der Waals surface area contributed by atoms with Crippen molar-refractivity contribution in [1.82, 2.24) is 10.6 Å². The smallest absolute Gasteiger partial charge is 0.251 e. The van der Waals surface area contributed by atoms with Crippen LogP contribution in [0.15, 0.2) is 40.9 Å². The molecule has 0 aromatic heterocycles. The van der Waals surface area contributed by atoms with Gasteiger partial charge in [-0.2, -0.15) is 0 Å². The fourth-order valence-corrected chi connectivity index (χ4v) is 3.18. The van der Waals surface area contributed by atoms with E-state index in [4.69, 9.17) is 0 Å². The van der Waals surface area contributed by atoms with Gasteiger partial charge in [0.05, 0.1) is 6.10 Å². The molecule has 2 atom stereocenters. The van der Waals surface area contributed by atoms with Crippen LogP contribution in [0.4, 0.5) is 0 Å². The van der Waals surface area contributed by atoms with Crippen molar-refractivity contribution >= 4 is 45.0 Å². The summed E-state index contributed by atoms with van der Waals surface area (Å²) < 4.78 is 0.883. The summed E-state index contributed by atoms with van der Waals surface area (Å²) in [6, 6.07) is 11.6. The zero-order valence-electron chi connectivity index (χ0n) is 11.9. The Labute approximate surface area is 143 Å². The first-order chi connectivity index (χ1) is 10.1. The van der Waals surface area contributed by atoms with Gasteiger partial charge in [0.1, 0.15) is 0 Å². The SMILES string of the molecule is Cl.O=C(NCC1CNCC1O)c1cc(Br)cc2ccccc12. The van der Waals surface area contributed by atoms with Crippen LogP contribution in [0.25, 0.3) is 10.8 Å². The van der Waals surface area contributed by atoms with Crippen molar-refractivity contribution in [3.05, 3.63) is 46.4 Å². The number of halogens is 2. The molecule has 2 unspecified atom stereocenters. The molecule has 2 aromatic rings. The summed E-state index contributed by atoms with van der Waals surface area (Å²) >= 11 is 3.45. The van der Waals surface area contributed by atoms with Crippen LogP contribution in [0.1, 0.15) is 10.4 Å². The van der Waals surface area contributed by atoms with Gasteiger partial charge in [0.15, 0.2) is 0 Å². The largest absolute Gasteiger partial charge is 0.391 e.